The number of rotatable bonds is 14. The van der Waals surface area contributed by atoms with Crippen LogP contribution in [-0.2, 0) is 19.1 Å². The third-order valence-corrected chi connectivity index (χ3v) is 6.77. The minimum atomic E-state index is -0.302. The molecule has 6 nitrogen and oxygen atoms in total. The fourth-order valence-electron chi connectivity index (χ4n) is 4.52. The molecule has 4 rings (SSSR count). The van der Waals surface area contributed by atoms with Gasteiger partial charge in [-0.15, -0.1) is 0 Å². The van der Waals surface area contributed by atoms with Crippen molar-refractivity contribution < 1.29 is 28.5 Å². The largest absolute Gasteiger partial charge is 0.494 e. The van der Waals surface area contributed by atoms with E-state index in [1.165, 1.54) is 19.3 Å². The third kappa shape index (κ3) is 7.72. The Morgan fingerprint density at radius 2 is 0.946 bits per heavy atom. The first-order chi connectivity index (χ1) is 18.0. The molecule has 0 saturated carbocycles. The Kier molecular flexibility index (Phi) is 9.41. The fourth-order valence-corrected chi connectivity index (χ4v) is 4.52. The molecule has 2 aromatic carbocycles. The highest BCUT2D eigenvalue weighted by Crippen LogP contribution is 2.34. The highest BCUT2D eigenvalue weighted by atomic mass is 16.6. The van der Waals surface area contributed by atoms with Gasteiger partial charge in [-0.1, -0.05) is 69.5 Å². The van der Waals surface area contributed by atoms with Crippen LogP contribution < -0.4 is 9.47 Å². The minimum Gasteiger partial charge on any atom is -0.494 e. The van der Waals surface area contributed by atoms with Gasteiger partial charge in [-0.05, 0) is 48.2 Å². The SMILES string of the molecule is C=C1CC(c2ccc(OCCCCCCCCCOc3ccc(C4CC(=C)C(=O)O4)cc3)cc2)OC1=O. The molecule has 0 amide bonds. The molecule has 2 atom stereocenters. The molecule has 2 heterocycles. The summed E-state index contributed by atoms with van der Waals surface area (Å²) in [6, 6.07) is 15.6. The highest BCUT2D eigenvalue weighted by Gasteiger charge is 2.29. The fraction of sp³-hybridized carbons (Fsp3) is 0.419. The zero-order valence-electron chi connectivity index (χ0n) is 21.4. The van der Waals surface area contributed by atoms with Crippen LogP contribution in [0, 0.1) is 0 Å². The molecule has 196 valence electrons. The van der Waals surface area contributed by atoms with Crippen molar-refractivity contribution in [2.75, 3.05) is 13.2 Å². The first-order valence-electron chi connectivity index (χ1n) is 13.2. The molecule has 0 bridgehead atoms. The van der Waals surface area contributed by atoms with Gasteiger partial charge in [-0.2, -0.15) is 0 Å². The molecule has 0 radical (unpaired) electrons. The topological polar surface area (TPSA) is 71.1 Å². The van der Waals surface area contributed by atoms with Gasteiger partial charge in [0.05, 0.1) is 13.2 Å². The van der Waals surface area contributed by atoms with Crippen molar-refractivity contribution in [2.24, 2.45) is 0 Å². The Hall–Kier alpha value is -3.54. The summed E-state index contributed by atoms with van der Waals surface area (Å²) in [5.74, 6) is 1.08. The van der Waals surface area contributed by atoms with Crippen molar-refractivity contribution in [3.8, 4) is 11.5 Å². The summed E-state index contributed by atoms with van der Waals surface area (Å²) in [5.41, 5.74) is 3.01. The molecule has 0 aromatic heterocycles. The van der Waals surface area contributed by atoms with Gasteiger partial charge < -0.3 is 18.9 Å². The van der Waals surface area contributed by atoms with E-state index >= 15 is 0 Å². The lowest BCUT2D eigenvalue weighted by Crippen LogP contribution is -2.00. The lowest BCUT2D eigenvalue weighted by Gasteiger charge is -2.11. The van der Waals surface area contributed by atoms with Gasteiger partial charge in [-0.3, -0.25) is 0 Å². The van der Waals surface area contributed by atoms with Crippen LogP contribution in [0.15, 0.2) is 72.8 Å². The molecule has 2 fully saturated rings. The van der Waals surface area contributed by atoms with Crippen LogP contribution in [0.25, 0.3) is 0 Å². The number of cyclic esters (lactones) is 2. The predicted octanol–water partition coefficient (Wildman–Crippen LogP) is 6.96. The van der Waals surface area contributed by atoms with Crippen LogP contribution in [0.5, 0.6) is 11.5 Å². The molecule has 2 aliphatic heterocycles. The summed E-state index contributed by atoms with van der Waals surface area (Å²) >= 11 is 0. The molecule has 0 aliphatic carbocycles. The molecular weight excluding hydrogens is 468 g/mol. The Labute approximate surface area is 219 Å². The van der Waals surface area contributed by atoms with Crippen LogP contribution in [0.2, 0.25) is 0 Å². The lowest BCUT2D eigenvalue weighted by atomic mass is 10.1. The van der Waals surface area contributed by atoms with E-state index in [2.05, 4.69) is 13.2 Å². The van der Waals surface area contributed by atoms with Gasteiger partial charge in [0.25, 0.3) is 0 Å². The Bertz CT molecular complexity index is 966. The quantitative estimate of drug-likeness (QED) is 0.157. The second-order valence-corrected chi connectivity index (χ2v) is 9.71. The molecule has 2 aromatic rings. The van der Waals surface area contributed by atoms with E-state index in [0.717, 1.165) is 48.3 Å². The Morgan fingerprint density at radius 1 is 0.595 bits per heavy atom. The molecule has 6 heteroatoms. The van der Waals surface area contributed by atoms with Crippen LogP contribution >= 0.6 is 0 Å². The van der Waals surface area contributed by atoms with Gasteiger partial charge in [0.2, 0.25) is 0 Å². The molecule has 37 heavy (non-hydrogen) atoms. The van der Waals surface area contributed by atoms with E-state index in [-0.39, 0.29) is 24.1 Å². The number of benzene rings is 2. The summed E-state index contributed by atoms with van der Waals surface area (Å²) in [4.78, 5) is 23.0. The number of ether oxygens (including phenoxy) is 4. The van der Waals surface area contributed by atoms with Crippen molar-refractivity contribution in [1.29, 1.82) is 0 Å². The van der Waals surface area contributed by atoms with Gasteiger partial charge in [0.1, 0.15) is 23.7 Å². The second kappa shape index (κ2) is 13.1. The van der Waals surface area contributed by atoms with E-state index in [4.69, 9.17) is 18.9 Å². The second-order valence-electron chi connectivity index (χ2n) is 9.71. The van der Waals surface area contributed by atoms with Crippen molar-refractivity contribution in [2.45, 2.75) is 70.0 Å². The maximum absolute atomic E-state index is 11.5. The summed E-state index contributed by atoms with van der Waals surface area (Å²) in [7, 11) is 0. The van der Waals surface area contributed by atoms with Gasteiger partial charge in [-0.25, -0.2) is 9.59 Å². The minimum absolute atomic E-state index is 0.223. The smallest absolute Gasteiger partial charge is 0.334 e. The molecular formula is C31H36O6. The van der Waals surface area contributed by atoms with E-state index in [1.807, 2.05) is 48.5 Å². The van der Waals surface area contributed by atoms with Gasteiger partial charge >= 0.3 is 11.9 Å². The van der Waals surface area contributed by atoms with Crippen LogP contribution in [0.3, 0.4) is 0 Å². The average Bonchev–Trinajstić information content (AvgIpc) is 3.43. The Morgan fingerprint density at radius 3 is 1.27 bits per heavy atom. The lowest BCUT2D eigenvalue weighted by molar-refractivity contribution is -0.140. The maximum Gasteiger partial charge on any atom is 0.334 e. The normalized spacial score (nSPS) is 19.1. The van der Waals surface area contributed by atoms with E-state index in [1.54, 1.807) is 0 Å². The summed E-state index contributed by atoms with van der Waals surface area (Å²) in [6.07, 6.45) is 8.69. The van der Waals surface area contributed by atoms with Crippen molar-refractivity contribution in [3.05, 3.63) is 84.0 Å². The molecule has 0 spiro atoms. The number of hydrogen-bond donors (Lipinski definition) is 0. The predicted molar refractivity (Wildman–Crippen MR) is 141 cm³/mol. The van der Waals surface area contributed by atoms with Gasteiger partial charge in [0, 0.05) is 24.0 Å². The number of carbonyl (C=O) groups is 2. The summed E-state index contributed by atoms with van der Waals surface area (Å²) in [6.45, 7) is 8.87. The molecule has 2 saturated heterocycles. The number of unbranched alkanes of at least 4 members (excludes halogenated alkanes) is 6. The van der Waals surface area contributed by atoms with Crippen molar-refractivity contribution in [1.82, 2.24) is 0 Å². The summed E-state index contributed by atoms with van der Waals surface area (Å²) in [5, 5.41) is 0. The first-order valence-corrected chi connectivity index (χ1v) is 13.2. The number of carbonyl (C=O) groups excluding carboxylic acids is 2. The third-order valence-electron chi connectivity index (χ3n) is 6.77. The monoisotopic (exact) mass is 504 g/mol. The Balaban J connectivity index is 0.984. The zero-order chi connectivity index (χ0) is 26.0. The van der Waals surface area contributed by atoms with E-state index in [9.17, 15) is 9.59 Å². The van der Waals surface area contributed by atoms with Crippen LogP contribution in [-0.4, -0.2) is 25.2 Å². The number of hydrogen-bond acceptors (Lipinski definition) is 6. The highest BCUT2D eigenvalue weighted by molar-refractivity contribution is 5.90. The van der Waals surface area contributed by atoms with Crippen LogP contribution in [0.4, 0.5) is 0 Å². The van der Waals surface area contributed by atoms with Crippen LogP contribution in [0.1, 0.15) is 81.1 Å². The molecule has 2 unspecified atom stereocenters. The van der Waals surface area contributed by atoms with Crippen molar-refractivity contribution in [3.63, 3.8) is 0 Å². The standard InChI is InChI=1S/C31H36O6/c1-22-20-28(36-30(22)32)24-10-14-26(15-11-24)34-18-8-6-4-3-5-7-9-19-35-27-16-12-25(13-17-27)29-21-23(2)31(33)37-29/h10-17,28-29H,1-9,18-21H2. The molecule has 2 aliphatic rings. The first kappa shape index (κ1) is 26.5. The molecule has 0 N–H and O–H groups in total. The zero-order valence-corrected chi connectivity index (χ0v) is 21.4. The van der Waals surface area contributed by atoms with E-state index in [0.29, 0.717) is 37.2 Å². The van der Waals surface area contributed by atoms with E-state index < -0.39 is 0 Å². The number of esters is 2. The summed E-state index contributed by atoms with van der Waals surface area (Å²) < 4.78 is 22.3. The van der Waals surface area contributed by atoms with Gasteiger partial charge in [0.15, 0.2) is 0 Å². The average molecular weight is 505 g/mol. The van der Waals surface area contributed by atoms with Crippen molar-refractivity contribution >= 4 is 11.9 Å². The maximum atomic E-state index is 11.5.